The number of benzene rings is 1. The van der Waals surface area contributed by atoms with Gasteiger partial charge in [0.15, 0.2) is 11.5 Å². The molecular formula is C14H17ClO5. The third kappa shape index (κ3) is 2.06. The highest BCUT2D eigenvalue weighted by molar-refractivity contribution is 6.32. The third-order valence-electron chi connectivity index (χ3n) is 3.94. The standard InChI is InChI=1S/C14H17ClO5/c1-19-9-7-8(15)11(16)10(12(9)20-2)14(13(17)18)5-3-4-6-14/h7,16H,3-6H2,1-2H3,(H,17,18). The van der Waals surface area contributed by atoms with E-state index in [1.54, 1.807) is 0 Å². The molecule has 2 rings (SSSR count). The Balaban J connectivity index is 2.77. The predicted molar refractivity (Wildman–Crippen MR) is 74.0 cm³/mol. The molecule has 2 N–H and O–H groups in total. The molecule has 1 fully saturated rings. The molecule has 0 atom stereocenters. The van der Waals surface area contributed by atoms with Crippen molar-refractivity contribution in [3.63, 3.8) is 0 Å². The SMILES string of the molecule is COc1cc(Cl)c(O)c(C2(C(=O)O)CCCC2)c1OC. The number of rotatable bonds is 4. The van der Waals surface area contributed by atoms with Gasteiger partial charge < -0.3 is 19.7 Å². The highest BCUT2D eigenvalue weighted by Crippen LogP contribution is 2.53. The summed E-state index contributed by atoms with van der Waals surface area (Å²) in [4.78, 5) is 11.8. The first kappa shape index (κ1) is 14.8. The molecule has 20 heavy (non-hydrogen) atoms. The van der Waals surface area contributed by atoms with E-state index in [4.69, 9.17) is 21.1 Å². The maximum absolute atomic E-state index is 11.8. The Morgan fingerprint density at radius 3 is 2.35 bits per heavy atom. The van der Waals surface area contributed by atoms with Gasteiger partial charge in [-0.1, -0.05) is 24.4 Å². The van der Waals surface area contributed by atoms with Crippen molar-refractivity contribution in [1.82, 2.24) is 0 Å². The van der Waals surface area contributed by atoms with Gasteiger partial charge in [0.2, 0.25) is 0 Å². The number of aromatic hydroxyl groups is 1. The Labute approximate surface area is 122 Å². The number of methoxy groups -OCH3 is 2. The van der Waals surface area contributed by atoms with Crippen LogP contribution in [0.25, 0.3) is 0 Å². The lowest BCUT2D eigenvalue weighted by molar-refractivity contribution is -0.143. The zero-order chi connectivity index (χ0) is 14.9. The van der Waals surface area contributed by atoms with E-state index in [-0.39, 0.29) is 22.1 Å². The summed E-state index contributed by atoms with van der Waals surface area (Å²) >= 11 is 5.99. The topological polar surface area (TPSA) is 76.0 Å². The van der Waals surface area contributed by atoms with Crippen LogP contribution in [0, 0.1) is 0 Å². The van der Waals surface area contributed by atoms with E-state index in [1.807, 2.05) is 0 Å². The van der Waals surface area contributed by atoms with E-state index in [0.29, 0.717) is 18.6 Å². The van der Waals surface area contributed by atoms with Crippen LogP contribution < -0.4 is 9.47 Å². The van der Waals surface area contributed by atoms with Crippen LogP contribution in [-0.4, -0.2) is 30.4 Å². The highest BCUT2D eigenvalue weighted by atomic mass is 35.5. The van der Waals surface area contributed by atoms with Crippen LogP contribution >= 0.6 is 11.6 Å². The summed E-state index contributed by atoms with van der Waals surface area (Å²) in [6.45, 7) is 0. The molecule has 110 valence electrons. The molecule has 1 saturated carbocycles. The van der Waals surface area contributed by atoms with Crippen molar-refractivity contribution in [1.29, 1.82) is 0 Å². The molecule has 0 spiro atoms. The first-order valence-electron chi connectivity index (χ1n) is 6.35. The fraction of sp³-hybridized carbons (Fsp3) is 0.500. The maximum Gasteiger partial charge on any atom is 0.314 e. The molecule has 6 heteroatoms. The monoisotopic (exact) mass is 300 g/mol. The minimum Gasteiger partial charge on any atom is -0.506 e. The number of phenolic OH excluding ortho intramolecular Hbond substituents is 1. The van der Waals surface area contributed by atoms with Gasteiger partial charge in [-0.25, -0.2) is 0 Å². The Morgan fingerprint density at radius 1 is 1.30 bits per heavy atom. The van der Waals surface area contributed by atoms with Crippen LogP contribution in [0.5, 0.6) is 17.2 Å². The lowest BCUT2D eigenvalue weighted by atomic mass is 9.77. The Kier molecular flexibility index (Phi) is 3.99. The molecule has 0 aromatic heterocycles. The van der Waals surface area contributed by atoms with E-state index >= 15 is 0 Å². The van der Waals surface area contributed by atoms with Crippen LogP contribution in [0.3, 0.4) is 0 Å². The minimum absolute atomic E-state index is 0.0603. The fourth-order valence-corrected chi connectivity index (χ4v) is 3.14. The lowest BCUT2D eigenvalue weighted by Crippen LogP contribution is -2.33. The Morgan fingerprint density at radius 2 is 1.90 bits per heavy atom. The maximum atomic E-state index is 11.8. The van der Waals surface area contributed by atoms with E-state index < -0.39 is 11.4 Å². The van der Waals surface area contributed by atoms with Crippen LogP contribution in [-0.2, 0) is 10.2 Å². The van der Waals surface area contributed by atoms with Crippen LogP contribution in [0.4, 0.5) is 0 Å². The number of ether oxygens (including phenoxy) is 2. The number of aliphatic carboxylic acids is 1. The summed E-state index contributed by atoms with van der Waals surface area (Å²) in [7, 11) is 2.86. The third-order valence-corrected chi connectivity index (χ3v) is 4.23. The number of carboxylic acid groups (broad SMARTS) is 1. The van der Waals surface area contributed by atoms with Crippen molar-refractivity contribution in [2.75, 3.05) is 14.2 Å². The molecule has 0 bridgehead atoms. The van der Waals surface area contributed by atoms with Crippen LogP contribution in [0.1, 0.15) is 31.2 Å². The normalized spacial score (nSPS) is 16.9. The summed E-state index contributed by atoms with van der Waals surface area (Å²) in [5.41, 5.74) is -0.956. The predicted octanol–water partition coefficient (Wildman–Crippen LogP) is 2.96. The fourth-order valence-electron chi connectivity index (χ4n) is 2.95. The molecule has 1 aliphatic carbocycles. The number of carboxylic acids is 1. The molecule has 0 aliphatic heterocycles. The number of carbonyl (C=O) groups is 1. The zero-order valence-electron chi connectivity index (χ0n) is 11.4. The Hall–Kier alpha value is -1.62. The second-order valence-electron chi connectivity index (χ2n) is 4.91. The average molecular weight is 301 g/mol. The number of halogens is 1. The second-order valence-corrected chi connectivity index (χ2v) is 5.32. The van der Waals surface area contributed by atoms with E-state index in [9.17, 15) is 15.0 Å². The number of hydrogen-bond acceptors (Lipinski definition) is 4. The van der Waals surface area contributed by atoms with Gasteiger partial charge in [0.05, 0.1) is 24.8 Å². The van der Waals surface area contributed by atoms with Crippen molar-refractivity contribution in [3.8, 4) is 17.2 Å². The first-order chi connectivity index (χ1) is 9.47. The summed E-state index contributed by atoms with van der Waals surface area (Å²) in [5, 5.41) is 20.0. The molecule has 0 amide bonds. The van der Waals surface area contributed by atoms with Gasteiger partial charge in [0, 0.05) is 6.07 Å². The van der Waals surface area contributed by atoms with Gasteiger partial charge in [-0.15, -0.1) is 0 Å². The number of phenols is 1. The van der Waals surface area contributed by atoms with Crippen LogP contribution in [0.2, 0.25) is 5.02 Å². The van der Waals surface area contributed by atoms with Gasteiger partial charge in [-0.3, -0.25) is 4.79 Å². The molecule has 0 unspecified atom stereocenters. The van der Waals surface area contributed by atoms with Gasteiger partial charge in [-0.2, -0.15) is 0 Å². The summed E-state index contributed by atoms with van der Waals surface area (Å²) in [6, 6.07) is 1.42. The lowest BCUT2D eigenvalue weighted by Gasteiger charge is -2.28. The van der Waals surface area contributed by atoms with Gasteiger partial charge in [0.25, 0.3) is 0 Å². The minimum atomic E-state index is -1.17. The van der Waals surface area contributed by atoms with E-state index in [2.05, 4.69) is 0 Å². The van der Waals surface area contributed by atoms with Crippen LogP contribution in [0.15, 0.2) is 6.07 Å². The van der Waals surface area contributed by atoms with Crippen molar-refractivity contribution >= 4 is 17.6 Å². The van der Waals surface area contributed by atoms with E-state index in [0.717, 1.165) is 12.8 Å². The quantitative estimate of drug-likeness (QED) is 0.894. The summed E-state index contributed by atoms with van der Waals surface area (Å²) < 4.78 is 10.5. The summed E-state index contributed by atoms with van der Waals surface area (Å²) in [6.07, 6.45) is 2.44. The van der Waals surface area contributed by atoms with Gasteiger partial charge in [0.1, 0.15) is 11.2 Å². The molecule has 1 aliphatic rings. The Bertz CT molecular complexity index is 535. The van der Waals surface area contributed by atoms with Crippen molar-refractivity contribution in [2.24, 2.45) is 0 Å². The smallest absolute Gasteiger partial charge is 0.314 e. The van der Waals surface area contributed by atoms with Crippen molar-refractivity contribution in [3.05, 3.63) is 16.7 Å². The second kappa shape index (κ2) is 5.40. The first-order valence-corrected chi connectivity index (χ1v) is 6.73. The van der Waals surface area contributed by atoms with E-state index in [1.165, 1.54) is 20.3 Å². The largest absolute Gasteiger partial charge is 0.506 e. The van der Waals surface area contributed by atoms with Crippen molar-refractivity contribution < 1.29 is 24.5 Å². The molecular weight excluding hydrogens is 284 g/mol. The van der Waals surface area contributed by atoms with Gasteiger partial charge in [-0.05, 0) is 12.8 Å². The van der Waals surface area contributed by atoms with Crippen molar-refractivity contribution in [2.45, 2.75) is 31.1 Å². The zero-order valence-corrected chi connectivity index (χ0v) is 12.2. The number of hydrogen-bond donors (Lipinski definition) is 2. The summed E-state index contributed by atoms with van der Waals surface area (Å²) in [5.74, 6) is -0.668. The molecule has 1 aromatic carbocycles. The van der Waals surface area contributed by atoms with Gasteiger partial charge >= 0.3 is 5.97 Å². The highest BCUT2D eigenvalue weighted by Gasteiger charge is 2.48. The molecule has 0 saturated heterocycles. The molecule has 5 nitrogen and oxygen atoms in total. The molecule has 0 radical (unpaired) electrons. The molecule has 1 aromatic rings. The molecule has 0 heterocycles. The average Bonchev–Trinajstić information content (AvgIpc) is 2.91.